The van der Waals surface area contributed by atoms with Gasteiger partial charge in [-0.25, -0.2) is 4.98 Å². The van der Waals surface area contributed by atoms with Crippen LogP contribution in [-0.4, -0.2) is 27.5 Å². The van der Waals surface area contributed by atoms with Crippen molar-refractivity contribution in [3.05, 3.63) is 65.6 Å². The third kappa shape index (κ3) is 2.87. The molecule has 0 bridgehead atoms. The van der Waals surface area contributed by atoms with Gasteiger partial charge in [-0.05, 0) is 30.3 Å². The van der Waals surface area contributed by atoms with Crippen LogP contribution in [0.4, 0.5) is 11.6 Å². The Bertz CT molecular complexity index is 994. The lowest BCUT2D eigenvalue weighted by molar-refractivity contribution is -0.111. The van der Waals surface area contributed by atoms with Crippen molar-refractivity contribution in [3.8, 4) is 5.69 Å². The van der Waals surface area contributed by atoms with Crippen LogP contribution in [0.1, 0.15) is 0 Å². The van der Waals surface area contributed by atoms with E-state index in [1.54, 1.807) is 43.6 Å². The third-order valence-corrected chi connectivity index (χ3v) is 3.41. The van der Waals surface area contributed by atoms with Gasteiger partial charge >= 0.3 is 0 Å². The second-order valence-corrected chi connectivity index (χ2v) is 4.97. The molecule has 2 heterocycles. The minimum atomic E-state index is -0.322. The van der Waals surface area contributed by atoms with E-state index in [1.807, 2.05) is 0 Å². The van der Waals surface area contributed by atoms with Gasteiger partial charge in [0.05, 0.1) is 5.69 Å². The molecule has 0 radical (unpaired) electrons. The number of pyridine rings is 1. The van der Waals surface area contributed by atoms with Crippen LogP contribution in [0.5, 0.6) is 0 Å². The van der Waals surface area contributed by atoms with Crippen LogP contribution < -0.4 is 16.2 Å². The first kappa shape index (κ1) is 15.4. The lowest BCUT2D eigenvalue weighted by Crippen LogP contribution is -2.19. The fourth-order valence-electron chi connectivity index (χ4n) is 2.30. The molecule has 2 N–H and O–H groups in total. The van der Waals surface area contributed by atoms with Gasteiger partial charge in [-0.3, -0.25) is 14.2 Å². The zero-order valence-electron chi connectivity index (χ0n) is 13.0. The summed E-state index contributed by atoms with van der Waals surface area (Å²) in [7, 11) is 1.71. The molecule has 1 amide bonds. The first-order valence-corrected chi connectivity index (χ1v) is 7.23. The molecule has 0 fully saturated rings. The molecule has 0 aliphatic carbocycles. The highest BCUT2D eigenvalue weighted by Crippen LogP contribution is 2.18. The highest BCUT2D eigenvalue weighted by atomic mass is 16.1. The molecular weight excluding hydrogens is 306 g/mol. The zero-order chi connectivity index (χ0) is 17.1. The fraction of sp³-hybridized carbons (Fsp3) is 0.0588. The van der Waals surface area contributed by atoms with Crippen molar-refractivity contribution in [3.63, 3.8) is 0 Å². The maximum absolute atomic E-state index is 12.4. The van der Waals surface area contributed by atoms with Gasteiger partial charge in [-0.2, -0.15) is 4.98 Å². The van der Waals surface area contributed by atoms with Gasteiger partial charge in [0.15, 0.2) is 5.65 Å². The molecule has 3 aromatic rings. The number of rotatable bonds is 4. The third-order valence-electron chi connectivity index (χ3n) is 3.41. The quantitative estimate of drug-likeness (QED) is 0.717. The van der Waals surface area contributed by atoms with Crippen molar-refractivity contribution < 1.29 is 4.79 Å². The van der Waals surface area contributed by atoms with Crippen LogP contribution in [0.2, 0.25) is 0 Å². The molecule has 0 unspecified atom stereocenters. The topological polar surface area (TPSA) is 88.9 Å². The van der Waals surface area contributed by atoms with Gasteiger partial charge in [-0.15, -0.1) is 0 Å². The maximum atomic E-state index is 12.4. The Balaban J connectivity index is 2.20. The van der Waals surface area contributed by atoms with E-state index in [4.69, 9.17) is 0 Å². The largest absolute Gasteiger partial charge is 0.357 e. The van der Waals surface area contributed by atoms with Crippen molar-refractivity contribution in [1.29, 1.82) is 0 Å². The van der Waals surface area contributed by atoms with Gasteiger partial charge in [0.25, 0.3) is 5.56 Å². The van der Waals surface area contributed by atoms with E-state index >= 15 is 0 Å². The van der Waals surface area contributed by atoms with Crippen LogP contribution in [0.25, 0.3) is 16.7 Å². The lowest BCUT2D eigenvalue weighted by atomic mass is 10.2. The Morgan fingerprint density at radius 2 is 2.12 bits per heavy atom. The van der Waals surface area contributed by atoms with Crippen molar-refractivity contribution >= 4 is 28.6 Å². The molecule has 0 aliphatic rings. The summed E-state index contributed by atoms with van der Waals surface area (Å²) in [4.78, 5) is 32.4. The summed E-state index contributed by atoms with van der Waals surface area (Å²) in [5, 5.41) is 6.26. The molecular formula is C17H15N5O2. The average molecular weight is 321 g/mol. The van der Waals surface area contributed by atoms with E-state index in [0.717, 1.165) is 5.39 Å². The second-order valence-electron chi connectivity index (χ2n) is 4.97. The molecule has 120 valence electrons. The first-order chi connectivity index (χ1) is 11.6. The van der Waals surface area contributed by atoms with Crippen molar-refractivity contribution in [2.24, 2.45) is 0 Å². The summed E-state index contributed by atoms with van der Waals surface area (Å²) >= 11 is 0. The fourth-order valence-corrected chi connectivity index (χ4v) is 2.30. The van der Waals surface area contributed by atoms with E-state index in [2.05, 4.69) is 27.2 Å². The van der Waals surface area contributed by atoms with Gasteiger partial charge in [-0.1, -0.05) is 12.6 Å². The van der Waals surface area contributed by atoms with Gasteiger partial charge in [0.1, 0.15) is 0 Å². The molecule has 0 spiro atoms. The maximum Gasteiger partial charge on any atom is 0.256 e. The van der Waals surface area contributed by atoms with Crippen LogP contribution in [0.15, 0.2) is 60.0 Å². The normalized spacial score (nSPS) is 10.4. The number of carbonyl (C=O) groups is 1. The van der Waals surface area contributed by atoms with Crippen molar-refractivity contribution in [2.45, 2.75) is 0 Å². The molecule has 24 heavy (non-hydrogen) atoms. The lowest BCUT2D eigenvalue weighted by Gasteiger charge is -2.11. The molecule has 0 aliphatic heterocycles. The number of carbonyl (C=O) groups excluding carboxylic acids is 1. The molecule has 7 nitrogen and oxygen atoms in total. The monoisotopic (exact) mass is 321 g/mol. The van der Waals surface area contributed by atoms with E-state index in [1.165, 1.54) is 16.7 Å². The Kier molecular flexibility index (Phi) is 4.07. The smallest absolute Gasteiger partial charge is 0.256 e. The summed E-state index contributed by atoms with van der Waals surface area (Å²) in [6, 6.07) is 10.1. The van der Waals surface area contributed by atoms with Crippen LogP contribution in [-0.2, 0) is 4.79 Å². The number of anilines is 2. The predicted molar refractivity (Wildman–Crippen MR) is 93.5 cm³/mol. The number of fused-ring (bicyclic) bond motifs is 1. The number of nitrogens with zero attached hydrogens (tertiary/aromatic N) is 3. The molecule has 0 saturated heterocycles. The van der Waals surface area contributed by atoms with Crippen molar-refractivity contribution in [1.82, 2.24) is 14.5 Å². The Morgan fingerprint density at radius 3 is 2.88 bits per heavy atom. The Labute approximate surface area is 137 Å². The van der Waals surface area contributed by atoms with Gasteiger partial charge < -0.3 is 10.6 Å². The van der Waals surface area contributed by atoms with Crippen LogP contribution >= 0.6 is 0 Å². The first-order valence-electron chi connectivity index (χ1n) is 7.23. The zero-order valence-corrected chi connectivity index (χ0v) is 13.0. The summed E-state index contributed by atoms with van der Waals surface area (Å²) in [6.07, 6.45) is 2.83. The molecule has 2 aromatic heterocycles. The van der Waals surface area contributed by atoms with E-state index < -0.39 is 0 Å². The van der Waals surface area contributed by atoms with E-state index in [-0.39, 0.29) is 11.5 Å². The minimum absolute atomic E-state index is 0.226. The van der Waals surface area contributed by atoms with Crippen molar-refractivity contribution in [2.75, 3.05) is 17.7 Å². The van der Waals surface area contributed by atoms with E-state index in [0.29, 0.717) is 23.0 Å². The van der Waals surface area contributed by atoms with Gasteiger partial charge in [0, 0.05) is 30.4 Å². The van der Waals surface area contributed by atoms with Crippen LogP contribution in [0.3, 0.4) is 0 Å². The van der Waals surface area contributed by atoms with Gasteiger partial charge in [0.2, 0.25) is 11.9 Å². The summed E-state index contributed by atoms with van der Waals surface area (Å²) in [5.41, 5.74) is 1.40. The average Bonchev–Trinajstić information content (AvgIpc) is 2.61. The predicted octanol–water partition coefficient (Wildman–Crippen LogP) is 1.95. The molecule has 1 aromatic carbocycles. The molecule has 3 rings (SSSR count). The molecule has 7 heteroatoms. The number of aromatic nitrogens is 3. The summed E-state index contributed by atoms with van der Waals surface area (Å²) < 4.78 is 1.47. The minimum Gasteiger partial charge on any atom is -0.357 e. The summed E-state index contributed by atoms with van der Waals surface area (Å²) in [6.45, 7) is 3.42. The number of benzene rings is 1. The highest BCUT2D eigenvalue weighted by molar-refractivity contribution is 5.99. The number of amides is 1. The molecule has 0 saturated carbocycles. The number of hydrogen-bond acceptors (Lipinski definition) is 5. The second kappa shape index (κ2) is 6.33. The highest BCUT2D eigenvalue weighted by Gasteiger charge is 2.09. The molecule has 0 atom stereocenters. The Hall–Kier alpha value is -3.48. The SMILES string of the molecule is C=CC(=O)Nc1cccc(-n2c(=O)ccc3cnc(NC)nc32)c1. The number of hydrogen-bond donors (Lipinski definition) is 2. The standard InChI is InChI=1S/C17H15N5O2/c1-3-14(23)20-12-5-4-6-13(9-12)22-15(24)8-7-11-10-19-17(18-2)21-16(11)22/h3-10H,1H2,2H3,(H,20,23)(H,18,19,21). The summed E-state index contributed by atoms with van der Waals surface area (Å²) in [5.74, 6) is 0.0928. The van der Waals surface area contributed by atoms with Crippen LogP contribution in [0, 0.1) is 0 Å². The number of nitrogens with one attached hydrogen (secondary N) is 2. The Morgan fingerprint density at radius 1 is 1.29 bits per heavy atom. The van der Waals surface area contributed by atoms with E-state index in [9.17, 15) is 9.59 Å².